The van der Waals surface area contributed by atoms with Gasteiger partial charge >= 0.3 is 39.8 Å². The Balaban J connectivity index is 6.26. The summed E-state index contributed by atoms with van der Waals surface area (Å²) in [5.41, 5.74) is -11.9. The molecule has 0 atom stereocenters. The number of hydrogen-bond acceptors (Lipinski definition) is 6. The molecule has 0 rings (SSSR count). The molecule has 0 aliphatic carbocycles. The molecule has 15 heteroatoms. The van der Waals surface area contributed by atoms with Gasteiger partial charge in [-0.1, -0.05) is 27.7 Å². The Morgan fingerprint density at radius 2 is 0.960 bits per heavy atom. The van der Waals surface area contributed by atoms with Crippen LogP contribution in [0, 0.1) is 11.8 Å². The molecular formula is C10H18F6O6S2Si. The van der Waals surface area contributed by atoms with E-state index in [0.29, 0.717) is 0 Å². The van der Waals surface area contributed by atoms with Crippen molar-refractivity contribution < 1.29 is 50.9 Å². The average Bonchev–Trinajstić information content (AvgIpc) is 2.20. The molecule has 0 unspecified atom stereocenters. The SMILES string of the molecule is CC(C)C[Si](CC(C)C)(OS(=O)(=O)C(F)(F)F)OS(=O)(=O)C(F)(F)F. The fraction of sp³-hybridized carbons (Fsp3) is 1.00. The van der Waals surface area contributed by atoms with Crippen molar-refractivity contribution in [1.29, 1.82) is 0 Å². The maximum absolute atomic E-state index is 12.6. The van der Waals surface area contributed by atoms with Gasteiger partial charge in [0.1, 0.15) is 0 Å². The summed E-state index contributed by atoms with van der Waals surface area (Å²) in [7, 11) is -17.7. The molecule has 0 bridgehead atoms. The van der Waals surface area contributed by atoms with Crippen molar-refractivity contribution in [1.82, 2.24) is 0 Å². The van der Waals surface area contributed by atoms with E-state index in [1.54, 1.807) is 0 Å². The number of halogens is 6. The van der Waals surface area contributed by atoms with Crippen molar-refractivity contribution in [3.8, 4) is 0 Å². The minimum atomic E-state index is -6.36. The number of alkyl halides is 6. The lowest BCUT2D eigenvalue weighted by Crippen LogP contribution is -2.51. The van der Waals surface area contributed by atoms with Crippen molar-refractivity contribution in [2.24, 2.45) is 11.8 Å². The Labute approximate surface area is 143 Å². The molecule has 0 amide bonds. The molecule has 6 nitrogen and oxygen atoms in total. The first-order valence-electron chi connectivity index (χ1n) is 6.78. The maximum Gasteiger partial charge on any atom is 0.522 e. The summed E-state index contributed by atoms with van der Waals surface area (Å²) < 4.78 is 129. The Kier molecular flexibility index (Phi) is 7.58. The van der Waals surface area contributed by atoms with Gasteiger partial charge in [-0.05, 0) is 23.9 Å². The van der Waals surface area contributed by atoms with Crippen LogP contribution in [0.25, 0.3) is 0 Å². The first-order valence-corrected chi connectivity index (χ1v) is 11.8. The third kappa shape index (κ3) is 7.03. The molecule has 0 aromatic rings. The quantitative estimate of drug-likeness (QED) is 0.326. The Hall–Kier alpha value is -0.383. The van der Waals surface area contributed by atoms with Crippen LogP contribution >= 0.6 is 0 Å². The zero-order chi connectivity index (χ0) is 20.5. The summed E-state index contributed by atoms with van der Waals surface area (Å²) >= 11 is 0. The van der Waals surface area contributed by atoms with Crippen LogP contribution in [0.4, 0.5) is 26.3 Å². The van der Waals surface area contributed by atoms with E-state index in [2.05, 4.69) is 7.74 Å². The predicted octanol–water partition coefficient (Wildman–Crippen LogP) is 3.47. The molecule has 0 saturated heterocycles. The lowest BCUT2D eigenvalue weighted by atomic mass is 10.3. The van der Waals surface area contributed by atoms with E-state index in [0.717, 1.165) is 0 Å². The molecule has 0 N–H and O–H groups in total. The van der Waals surface area contributed by atoms with Gasteiger partial charge in [0.05, 0.1) is 0 Å². The highest BCUT2D eigenvalue weighted by atomic mass is 32.2. The van der Waals surface area contributed by atoms with E-state index in [9.17, 15) is 43.2 Å². The normalized spacial score (nSPS) is 15.2. The fourth-order valence-electron chi connectivity index (χ4n) is 1.97. The molecule has 152 valence electrons. The minimum Gasteiger partial charge on any atom is -0.276 e. The summed E-state index contributed by atoms with van der Waals surface area (Å²) in [5, 5.41) is 0. The smallest absolute Gasteiger partial charge is 0.276 e. The second-order valence-corrected chi connectivity index (χ2v) is 12.8. The number of rotatable bonds is 8. The van der Waals surface area contributed by atoms with E-state index < -0.39 is 63.7 Å². The van der Waals surface area contributed by atoms with Crippen molar-refractivity contribution >= 4 is 28.8 Å². The Morgan fingerprint density at radius 1 is 0.720 bits per heavy atom. The van der Waals surface area contributed by atoms with Crippen LogP contribution in [0.2, 0.25) is 12.1 Å². The van der Waals surface area contributed by atoms with Crippen molar-refractivity contribution in [2.45, 2.75) is 50.8 Å². The Bertz CT molecular complexity index is 594. The second-order valence-electron chi connectivity index (χ2n) is 6.07. The molecule has 0 aliphatic heterocycles. The summed E-state index contributed by atoms with van der Waals surface area (Å²) in [5.74, 6) is -1.39. The van der Waals surface area contributed by atoms with Gasteiger partial charge < -0.3 is 0 Å². The lowest BCUT2D eigenvalue weighted by Gasteiger charge is -2.32. The van der Waals surface area contributed by atoms with Crippen LogP contribution in [0.3, 0.4) is 0 Å². The van der Waals surface area contributed by atoms with E-state index in [4.69, 9.17) is 0 Å². The fourth-order valence-corrected chi connectivity index (χ4v) is 10.0. The van der Waals surface area contributed by atoms with E-state index in [1.165, 1.54) is 27.7 Å². The molecule has 0 heterocycles. The monoisotopic (exact) mass is 440 g/mol. The first-order chi connectivity index (χ1) is 10.7. The van der Waals surface area contributed by atoms with Crippen LogP contribution in [0.15, 0.2) is 0 Å². The van der Waals surface area contributed by atoms with Crippen molar-refractivity contribution in [3.05, 3.63) is 0 Å². The van der Waals surface area contributed by atoms with Crippen LogP contribution in [0.5, 0.6) is 0 Å². The third-order valence-electron chi connectivity index (χ3n) is 2.53. The zero-order valence-electron chi connectivity index (χ0n) is 13.6. The average molecular weight is 440 g/mol. The molecule has 0 aliphatic rings. The zero-order valence-corrected chi connectivity index (χ0v) is 16.2. The third-order valence-corrected chi connectivity index (χ3v) is 10.7. The lowest BCUT2D eigenvalue weighted by molar-refractivity contribution is -0.0534. The molecule has 25 heavy (non-hydrogen) atoms. The molecule has 0 fully saturated rings. The highest BCUT2D eigenvalue weighted by molar-refractivity contribution is 7.90. The first kappa shape index (κ1) is 24.6. The molecule has 0 aromatic carbocycles. The highest BCUT2D eigenvalue weighted by Gasteiger charge is 2.59. The number of hydrogen-bond donors (Lipinski definition) is 0. The van der Waals surface area contributed by atoms with Crippen LogP contribution in [-0.2, 0) is 28.0 Å². The standard InChI is InChI=1S/C10H18F6O6S2Si/c1-7(2)5-25(6-8(3)4,21-23(17,18)9(11,12)13)22-24(19,20)10(14,15)16/h7-8H,5-6H2,1-4H3. The highest BCUT2D eigenvalue weighted by Crippen LogP contribution is 2.38. The van der Waals surface area contributed by atoms with Crippen LogP contribution < -0.4 is 0 Å². The van der Waals surface area contributed by atoms with Gasteiger partial charge in [-0.2, -0.15) is 43.2 Å². The van der Waals surface area contributed by atoms with E-state index in [-0.39, 0.29) is 0 Å². The second kappa shape index (κ2) is 7.70. The molecule has 0 radical (unpaired) electrons. The summed E-state index contributed by atoms with van der Waals surface area (Å²) in [6.45, 7) is 5.37. The van der Waals surface area contributed by atoms with E-state index >= 15 is 0 Å². The summed E-state index contributed by atoms with van der Waals surface area (Å²) in [6.07, 6.45) is 0. The van der Waals surface area contributed by atoms with Gasteiger partial charge in [-0.3, -0.25) is 7.74 Å². The van der Waals surface area contributed by atoms with Gasteiger partial charge in [0.2, 0.25) is 0 Å². The van der Waals surface area contributed by atoms with Gasteiger partial charge in [0.25, 0.3) is 0 Å². The summed E-state index contributed by atoms with van der Waals surface area (Å²) in [4.78, 5) is 0. The Morgan fingerprint density at radius 3 is 1.12 bits per heavy atom. The molecule has 0 spiro atoms. The van der Waals surface area contributed by atoms with Gasteiger partial charge in [-0.25, -0.2) is 0 Å². The van der Waals surface area contributed by atoms with Crippen molar-refractivity contribution in [3.63, 3.8) is 0 Å². The van der Waals surface area contributed by atoms with Gasteiger partial charge in [0, 0.05) is 0 Å². The molecule has 0 aromatic heterocycles. The van der Waals surface area contributed by atoms with Gasteiger partial charge in [0.15, 0.2) is 0 Å². The topological polar surface area (TPSA) is 86.7 Å². The minimum absolute atomic E-state index is 0.697. The summed E-state index contributed by atoms with van der Waals surface area (Å²) in [6, 6.07) is -1.42. The van der Waals surface area contributed by atoms with Crippen LogP contribution in [-0.4, -0.2) is 36.4 Å². The van der Waals surface area contributed by atoms with Crippen molar-refractivity contribution in [2.75, 3.05) is 0 Å². The van der Waals surface area contributed by atoms with E-state index in [1.807, 2.05) is 0 Å². The van der Waals surface area contributed by atoms with Gasteiger partial charge in [-0.15, -0.1) is 0 Å². The maximum atomic E-state index is 12.6. The van der Waals surface area contributed by atoms with Crippen LogP contribution in [0.1, 0.15) is 27.7 Å². The predicted molar refractivity (Wildman–Crippen MR) is 77.2 cm³/mol. The molecular weight excluding hydrogens is 422 g/mol. The molecule has 0 saturated carbocycles. The largest absolute Gasteiger partial charge is 0.522 e.